The van der Waals surface area contributed by atoms with Gasteiger partial charge in [-0.05, 0) is 31.0 Å². The van der Waals surface area contributed by atoms with Crippen molar-refractivity contribution in [3.63, 3.8) is 0 Å². The van der Waals surface area contributed by atoms with Crippen LogP contribution in [0.2, 0.25) is 0 Å². The highest BCUT2D eigenvalue weighted by molar-refractivity contribution is 5.85. The van der Waals surface area contributed by atoms with Gasteiger partial charge < -0.3 is 0 Å². The highest BCUT2D eigenvalue weighted by Crippen LogP contribution is 2.36. The summed E-state index contributed by atoms with van der Waals surface area (Å²) in [6, 6.07) is 5.74. The van der Waals surface area contributed by atoms with E-state index >= 15 is 0 Å². The Morgan fingerprint density at radius 2 is 2.06 bits per heavy atom. The Balaban J connectivity index is 2.39. The van der Waals surface area contributed by atoms with Gasteiger partial charge in [0.25, 0.3) is 0 Å². The zero-order chi connectivity index (χ0) is 11.3. The van der Waals surface area contributed by atoms with Crippen LogP contribution in [0.25, 0.3) is 11.0 Å². The number of hydrogen-bond donors (Lipinski definition) is 0. The summed E-state index contributed by atoms with van der Waals surface area (Å²) in [7, 11) is 1.75. The van der Waals surface area contributed by atoms with Crippen molar-refractivity contribution in [2.75, 3.05) is 0 Å². The fraction of sp³-hybridized carbons (Fsp3) is 0.333. The number of nitrogens with zero attached hydrogens (tertiary/aromatic N) is 2. The molecule has 1 heterocycles. The molecule has 0 saturated heterocycles. The first-order valence-electron chi connectivity index (χ1n) is 5.38. The van der Waals surface area contributed by atoms with Crippen molar-refractivity contribution in [3.05, 3.63) is 34.2 Å². The topological polar surface area (TPSA) is 44.0 Å². The van der Waals surface area contributed by atoms with Crippen molar-refractivity contribution in [1.82, 2.24) is 9.13 Å². The van der Waals surface area contributed by atoms with Crippen LogP contribution in [0.15, 0.2) is 23.0 Å². The molecule has 0 N–H and O–H groups in total. The molecule has 2 aromatic rings. The van der Waals surface area contributed by atoms with Gasteiger partial charge in [-0.3, -0.25) is 13.9 Å². The molecule has 1 aromatic heterocycles. The maximum Gasteiger partial charge on any atom is 0.329 e. The quantitative estimate of drug-likeness (QED) is 0.714. The van der Waals surface area contributed by atoms with Gasteiger partial charge >= 0.3 is 5.69 Å². The fourth-order valence-corrected chi connectivity index (χ4v) is 2.14. The third-order valence-corrected chi connectivity index (χ3v) is 3.16. The summed E-state index contributed by atoms with van der Waals surface area (Å²) in [5, 5.41) is 0. The number of fused-ring (bicyclic) bond motifs is 1. The van der Waals surface area contributed by atoms with Gasteiger partial charge in [-0.15, -0.1) is 0 Å². The van der Waals surface area contributed by atoms with Crippen molar-refractivity contribution in [2.24, 2.45) is 7.05 Å². The Morgan fingerprint density at radius 3 is 2.69 bits per heavy atom. The van der Waals surface area contributed by atoms with Gasteiger partial charge in [0.05, 0.1) is 11.0 Å². The Morgan fingerprint density at radius 1 is 1.31 bits per heavy atom. The summed E-state index contributed by atoms with van der Waals surface area (Å²) >= 11 is 0. The second-order valence-corrected chi connectivity index (χ2v) is 4.31. The third kappa shape index (κ3) is 1.16. The van der Waals surface area contributed by atoms with Gasteiger partial charge in [0.2, 0.25) is 0 Å². The van der Waals surface area contributed by atoms with Gasteiger partial charge in [0.15, 0.2) is 0 Å². The first kappa shape index (κ1) is 9.39. The summed E-state index contributed by atoms with van der Waals surface area (Å²) in [6.07, 6.45) is 2.96. The normalized spacial score (nSPS) is 15.6. The molecule has 0 atom stereocenters. The molecule has 4 heteroatoms. The van der Waals surface area contributed by atoms with E-state index < -0.39 is 0 Å². The lowest BCUT2D eigenvalue weighted by Gasteiger charge is -1.98. The van der Waals surface area contributed by atoms with Crippen LogP contribution in [-0.2, 0) is 7.05 Å². The van der Waals surface area contributed by atoms with E-state index in [2.05, 4.69) is 0 Å². The van der Waals surface area contributed by atoms with Crippen LogP contribution in [-0.4, -0.2) is 15.4 Å². The molecule has 3 rings (SSSR count). The van der Waals surface area contributed by atoms with E-state index in [1.165, 1.54) is 0 Å². The van der Waals surface area contributed by atoms with E-state index in [1.807, 2.05) is 10.6 Å². The van der Waals surface area contributed by atoms with Crippen LogP contribution < -0.4 is 5.69 Å². The van der Waals surface area contributed by atoms with Gasteiger partial charge in [-0.25, -0.2) is 4.79 Å². The molecule has 0 spiro atoms. The van der Waals surface area contributed by atoms with E-state index in [0.29, 0.717) is 11.6 Å². The number of hydrogen-bond acceptors (Lipinski definition) is 2. The minimum atomic E-state index is 0.0144. The number of benzene rings is 1. The van der Waals surface area contributed by atoms with Gasteiger partial charge in [-0.1, -0.05) is 0 Å². The molecule has 16 heavy (non-hydrogen) atoms. The summed E-state index contributed by atoms with van der Waals surface area (Å²) in [4.78, 5) is 22.7. The SMILES string of the molecule is Cn1c(=O)n(C2CC2)c2ccc(C=O)cc21. The number of rotatable bonds is 2. The standard InChI is InChI=1S/C12H12N2O2/c1-13-11-6-8(7-15)2-5-10(11)14(12(13)16)9-3-4-9/h2,5-7,9H,3-4H2,1H3. The number of imidazole rings is 1. The molecule has 1 aromatic carbocycles. The van der Waals surface area contributed by atoms with E-state index in [9.17, 15) is 9.59 Å². The van der Waals surface area contributed by atoms with E-state index in [-0.39, 0.29) is 5.69 Å². The third-order valence-electron chi connectivity index (χ3n) is 3.16. The predicted octanol–water partition coefficient (Wildman–Crippen LogP) is 1.49. The van der Waals surface area contributed by atoms with Crippen LogP contribution in [0.4, 0.5) is 0 Å². The molecule has 4 nitrogen and oxygen atoms in total. The Hall–Kier alpha value is -1.84. The molecule has 0 unspecified atom stereocenters. The minimum Gasteiger partial charge on any atom is -0.298 e. The summed E-state index contributed by atoms with van der Waals surface area (Å²) in [5.74, 6) is 0. The molecular weight excluding hydrogens is 204 g/mol. The van der Waals surface area contributed by atoms with Crippen LogP contribution >= 0.6 is 0 Å². The first-order valence-corrected chi connectivity index (χ1v) is 5.38. The predicted molar refractivity (Wildman–Crippen MR) is 60.8 cm³/mol. The summed E-state index contributed by atoms with van der Waals surface area (Å²) in [5.41, 5.74) is 2.39. The largest absolute Gasteiger partial charge is 0.329 e. The lowest BCUT2D eigenvalue weighted by Crippen LogP contribution is -2.21. The smallest absolute Gasteiger partial charge is 0.298 e. The molecule has 0 radical (unpaired) electrons. The van der Waals surface area contributed by atoms with Crippen molar-refractivity contribution in [3.8, 4) is 0 Å². The Kier molecular flexibility index (Phi) is 1.80. The van der Waals surface area contributed by atoms with E-state index in [4.69, 9.17) is 0 Å². The van der Waals surface area contributed by atoms with Gasteiger partial charge in [0.1, 0.15) is 6.29 Å². The van der Waals surface area contributed by atoms with Crippen LogP contribution in [0.3, 0.4) is 0 Å². The van der Waals surface area contributed by atoms with Gasteiger partial charge in [-0.2, -0.15) is 0 Å². The van der Waals surface area contributed by atoms with Crippen LogP contribution in [0, 0.1) is 0 Å². The first-order chi connectivity index (χ1) is 7.72. The summed E-state index contributed by atoms with van der Waals surface area (Å²) in [6.45, 7) is 0. The molecule has 1 fully saturated rings. The lowest BCUT2D eigenvalue weighted by atomic mass is 10.2. The lowest BCUT2D eigenvalue weighted by molar-refractivity contribution is 0.112. The monoisotopic (exact) mass is 216 g/mol. The van der Waals surface area contributed by atoms with Crippen molar-refractivity contribution in [2.45, 2.75) is 18.9 Å². The highest BCUT2D eigenvalue weighted by atomic mass is 16.1. The number of carbonyl (C=O) groups excluding carboxylic acids is 1. The second-order valence-electron chi connectivity index (χ2n) is 4.31. The number of aromatic nitrogens is 2. The Bertz CT molecular complexity index is 632. The molecule has 0 amide bonds. The summed E-state index contributed by atoms with van der Waals surface area (Å²) < 4.78 is 3.45. The van der Waals surface area contributed by atoms with Crippen LogP contribution in [0.1, 0.15) is 29.2 Å². The van der Waals surface area contributed by atoms with Crippen molar-refractivity contribution >= 4 is 17.3 Å². The minimum absolute atomic E-state index is 0.0144. The highest BCUT2D eigenvalue weighted by Gasteiger charge is 2.28. The number of carbonyl (C=O) groups is 1. The average molecular weight is 216 g/mol. The fourth-order valence-electron chi connectivity index (χ4n) is 2.14. The number of aryl methyl sites for hydroxylation is 1. The molecule has 82 valence electrons. The zero-order valence-electron chi connectivity index (χ0n) is 9.01. The van der Waals surface area contributed by atoms with Gasteiger partial charge in [0, 0.05) is 18.7 Å². The number of aldehydes is 1. The second kappa shape index (κ2) is 3.07. The van der Waals surface area contributed by atoms with Crippen molar-refractivity contribution in [1.29, 1.82) is 0 Å². The van der Waals surface area contributed by atoms with E-state index in [0.717, 1.165) is 30.2 Å². The van der Waals surface area contributed by atoms with Crippen molar-refractivity contribution < 1.29 is 4.79 Å². The van der Waals surface area contributed by atoms with Crippen LogP contribution in [0.5, 0.6) is 0 Å². The molecule has 0 aliphatic heterocycles. The molecule has 0 bridgehead atoms. The van der Waals surface area contributed by atoms with E-state index in [1.54, 1.807) is 23.7 Å². The maximum atomic E-state index is 12.0. The average Bonchev–Trinajstić information content (AvgIpc) is 3.09. The zero-order valence-corrected chi connectivity index (χ0v) is 9.01. The maximum absolute atomic E-state index is 12.0. The molecule has 1 aliphatic carbocycles. The Labute approximate surface area is 92.1 Å². The molecular formula is C12H12N2O2. The molecule has 1 aliphatic rings. The molecule has 1 saturated carbocycles.